The van der Waals surface area contributed by atoms with Crippen molar-refractivity contribution >= 4 is 55.0 Å². The van der Waals surface area contributed by atoms with Crippen molar-refractivity contribution in [1.29, 1.82) is 0 Å². The average molecular weight is 553 g/mol. The van der Waals surface area contributed by atoms with Crippen molar-refractivity contribution in [3.63, 3.8) is 0 Å². The summed E-state index contributed by atoms with van der Waals surface area (Å²) in [4.78, 5) is 32.5. The predicted molar refractivity (Wildman–Crippen MR) is 143 cm³/mol. The number of likely N-dealkylation sites (N-methyl/N-ethyl adjacent to an activating group) is 1. The van der Waals surface area contributed by atoms with Gasteiger partial charge in [0.15, 0.2) is 6.61 Å². The lowest BCUT2D eigenvalue weighted by atomic mass is 9.96. The molecule has 2 aromatic heterocycles. The van der Waals surface area contributed by atoms with Crippen LogP contribution in [-0.4, -0.2) is 60.6 Å². The quantitative estimate of drug-likeness (QED) is 0.331. The Kier molecular flexibility index (Phi) is 7.06. The third-order valence-electron chi connectivity index (χ3n) is 5.97. The smallest absolute Gasteiger partial charge is 0.339 e. The minimum Gasteiger partial charge on any atom is -0.452 e. The highest BCUT2D eigenvalue weighted by Gasteiger charge is 2.26. The Balaban J connectivity index is 1.25. The Morgan fingerprint density at radius 2 is 1.87 bits per heavy atom. The first-order chi connectivity index (χ1) is 18.2. The van der Waals surface area contributed by atoms with Gasteiger partial charge < -0.3 is 15.0 Å². The molecule has 5 rings (SSSR count). The maximum atomic E-state index is 13.2. The summed E-state index contributed by atoms with van der Waals surface area (Å²) in [5, 5.41) is 11.6. The Morgan fingerprint density at radius 1 is 1.11 bits per heavy atom. The molecule has 0 fully saturated rings. The molecule has 1 amide bonds. The van der Waals surface area contributed by atoms with Gasteiger partial charge in [-0.3, -0.25) is 14.5 Å². The molecule has 38 heavy (non-hydrogen) atoms. The first-order valence-electron chi connectivity index (χ1n) is 11.7. The summed E-state index contributed by atoms with van der Waals surface area (Å²) >= 11 is 1.12. The molecule has 2 N–H and O–H groups in total. The Hall–Kier alpha value is -3.94. The molecule has 13 heteroatoms. The van der Waals surface area contributed by atoms with Crippen LogP contribution < -0.4 is 10.0 Å². The number of aryl methyl sites for hydroxylation is 1. The van der Waals surface area contributed by atoms with E-state index in [1.807, 2.05) is 31.3 Å². The maximum absolute atomic E-state index is 13.2. The minimum absolute atomic E-state index is 0.00548. The van der Waals surface area contributed by atoms with E-state index in [0.29, 0.717) is 33.7 Å². The van der Waals surface area contributed by atoms with Gasteiger partial charge in [0.2, 0.25) is 5.13 Å². The fourth-order valence-electron chi connectivity index (χ4n) is 4.19. The lowest BCUT2D eigenvalue weighted by Crippen LogP contribution is -2.30. The zero-order valence-corrected chi connectivity index (χ0v) is 22.2. The lowest BCUT2D eigenvalue weighted by molar-refractivity contribution is -0.119. The highest BCUT2D eigenvalue weighted by atomic mass is 32.2. The van der Waals surface area contributed by atoms with E-state index in [2.05, 4.69) is 25.1 Å². The molecule has 0 radical (unpaired) electrons. The van der Waals surface area contributed by atoms with Crippen molar-refractivity contribution in [2.24, 2.45) is 0 Å². The van der Waals surface area contributed by atoms with E-state index in [-0.39, 0.29) is 10.0 Å². The molecule has 0 spiro atoms. The third kappa shape index (κ3) is 5.49. The number of nitrogens with one attached hydrogen (secondary N) is 2. The van der Waals surface area contributed by atoms with Crippen molar-refractivity contribution in [1.82, 2.24) is 20.1 Å². The topological polar surface area (TPSA) is 143 Å². The van der Waals surface area contributed by atoms with Crippen LogP contribution in [0.1, 0.15) is 26.6 Å². The number of amides is 1. The number of aromatic nitrogens is 3. The number of para-hydroxylation sites is 1. The van der Waals surface area contributed by atoms with E-state index in [9.17, 15) is 18.0 Å². The third-order valence-corrected chi connectivity index (χ3v) is 8.21. The number of ether oxygens (including phenoxy) is 1. The van der Waals surface area contributed by atoms with Gasteiger partial charge in [-0.1, -0.05) is 29.5 Å². The minimum atomic E-state index is -3.86. The molecule has 4 aromatic rings. The molecule has 0 saturated carbocycles. The summed E-state index contributed by atoms with van der Waals surface area (Å²) in [6, 6.07) is 13.0. The first-order valence-corrected chi connectivity index (χ1v) is 14.0. The van der Waals surface area contributed by atoms with Gasteiger partial charge in [0.05, 0.1) is 16.0 Å². The van der Waals surface area contributed by atoms with Crippen molar-refractivity contribution < 1.29 is 22.7 Å². The number of esters is 1. The first kappa shape index (κ1) is 25.7. The summed E-state index contributed by atoms with van der Waals surface area (Å²) in [6.45, 7) is 2.62. The van der Waals surface area contributed by atoms with Gasteiger partial charge in [0.25, 0.3) is 15.9 Å². The zero-order valence-electron chi connectivity index (χ0n) is 20.6. The Labute approximate surface area is 222 Å². The second-order valence-corrected chi connectivity index (χ2v) is 11.7. The lowest BCUT2D eigenvalue weighted by Gasteiger charge is -2.26. The molecule has 11 nitrogen and oxygen atoms in total. The highest BCUT2D eigenvalue weighted by Crippen LogP contribution is 2.28. The van der Waals surface area contributed by atoms with Gasteiger partial charge >= 0.3 is 5.97 Å². The van der Waals surface area contributed by atoms with E-state index in [0.717, 1.165) is 35.6 Å². The summed E-state index contributed by atoms with van der Waals surface area (Å²) < 4.78 is 32.9. The molecule has 2 aromatic carbocycles. The second kappa shape index (κ2) is 10.4. The molecule has 0 unspecified atom stereocenters. The second-order valence-electron chi connectivity index (χ2n) is 8.80. The summed E-state index contributed by atoms with van der Waals surface area (Å²) in [5.74, 6) is -1.15. The van der Waals surface area contributed by atoms with E-state index >= 15 is 0 Å². The van der Waals surface area contributed by atoms with Gasteiger partial charge in [0, 0.05) is 41.8 Å². The zero-order chi connectivity index (χ0) is 26.9. The largest absolute Gasteiger partial charge is 0.452 e. The number of nitrogens with zero attached hydrogens (tertiary/aromatic N) is 4. The molecule has 0 aliphatic carbocycles. The fraction of sp³-hybridized carbons (Fsp3) is 0.240. The van der Waals surface area contributed by atoms with Crippen LogP contribution in [0.4, 0.5) is 10.8 Å². The molecule has 0 atom stereocenters. The standard InChI is InChI=1S/C25H24N6O5S2/c1-15-28-29-25(37-15)30-38(34,35)17-9-7-16(8-10-17)26-22(32)14-36-24(33)23-18-5-3-4-6-20(18)27-21-11-12-31(2)13-19(21)23/h3-10H,11-14H2,1-2H3,(H,26,32)(H,29,30). The van der Waals surface area contributed by atoms with Crippen molar-refractivity contribution in [2.45, 2.75) is 24.8 Å². The normalized spacial score (nSPS) is 13.6. The molecular formula is C25H24N6O5S2. The number of hydrogen-bond donors (Lipinski definition) is 2. The number of carbonyl (C=O) groups is 2. The summed E-state index contributed by atoms with van der Waals surface area (Å²) in [7, 11) is -1.88. The van der Waals surface area contributed by atoms with Gasteiger partial charge in [0.1, 0.15) is 5.01 Å². The Bertz CT molecular complexity index is 1640. The molecule has 0 saturated heterocycles. The number of anilines is 2. The van der Waals surface area contributed by atoms with Crippen LogP contribution >= 0.6 is 11.3 Å². The molecule has 0 bridgehead atoms. The molecule has 1 aliphatic heterocycles. The van der Waals surface area contributed by atoms with E-state index in [4.69, 9.17) is 9.72 Å². The Morgan fingerprint density at radius 3 is 2.61 bits per heavy atom. The average Bonchev–Trinajstić information content (AvgIpc) is 3.29. The van der Waals surface area contributed by atoms with Crippen LogP contribution in [0.3, 0.4) is 0 Å². The van der Waals surface area contributed by atoms with Crippen LogP contribution in [0.5, 0.6) is 0 Å². The number of carbonyl (C=O) groups excluding carboxylic acids is 2. The number of sulfonamides is 1. The van der Waals surface area contributed by atoms with Crippen LogP contribution in [0, 0.1) is 6.92 Å². The fourth-order valence-corrected chi connectivity index (χ4v) is 6.01. The molecular weight excluding hydrogens is 528 g/mol. The molecule has 196 valence electrons. The predicted octanol–water partition coefficient (Wildman–Crippen LogP) is 2.98. The van der Waals surface area contributed by atoms with Crippen molar-refractivity contribution in [3.8, 4) is 0 Å². The summed E-state index contributed by atoms with van der Waals surface area (Å²) in [5.41, 5.74) is 3.17. The molecule has 1 aliphatic rings. The van der Waals surface area contributed by atoms with Crippen LogP contribution in [0.2, 0.25) is 0 Å². The number of rotatable bonds is 7. The van der Waals surface area contributed by atoms with Crippen LogP contribution in [-0.2, 0) is 32.5 Å². The number of hydrogen-bond acceptors (Lipinski definition) is 10. The molecule has 3 heterocycles. The van der Waals surface area contributed by atoms with E-state index in [1.165, 1.54) is 24.3 Å². The number of pyridine rings is 1. The maximum Gasteiger partial charge on any atom is 0.339 e. The van der Waals surface area contributed by atoms with E-state index < -0.39 is 28.5 Å². The summed E-state index contributed by atoms with van der Waals surface area (Å²) in [6.07, 6.45) is 0.721. The monoisotopic (exact) mass is 552 g/mol. The highest BCUT2D eigenvalue weighted by molar-refractivity contribution is 7.93. The van der Waals surface area contributed by atoms with Crippen LogP contribution in [0.25, 0.3) is 10.9 Å². The number of benzene rings is 2. The van der Waals surface area contributed by atoms with Crippen molar-refractivity contribution in [2.75, 3.05) is 30.2 Å². The van der Waals surface area contributed by atoms with Gasteiger partial charge in [-0.2, -0.15) is 0 Å². The number of fused-ring (bicyclic) bond motifs is 2. The van der Waals surface area contributed by atoms with Crippen molar-refractivity contribution in [3.05, 3.63) is 70.4 Å². The van der Waals surface area contributed by atoms with Gasteiger partial charge in [-0.15, -0.1) is 10.2 Å². The van der Waals surface area contributed by atoms with E-state index in [1.54, 1.807) is 6.92 Å². The van der Waals surface area contributed by atoms with Crippen LogP contribution in [0.15, 0.2) is 53.4 Å². The SMILES string of the molecule is Cc1nnc(NS(=O)(=O)c2ccc(NC(=O)COC(=O)c3c4c(nc5ccccc35)CCN(C)C4)cc2)s1. The van der Waals surface area contributed by atoms with Gasteiger partial charge in [-0.25, -0.2) is 13.2 Å². The van der Waals surface area contributed by atoms with Gasteiger partial charge in [-0.05, 0) is 44.3 Å².